The second-order valence-corrected chi connectivity index (χ2v) is 4.00. The Morgan fingerprint density at radius 2 is 2.11 bits per heavy atom. The van der Waals surface area contributed by atoms with Crippen molar-refractivity contribution in [2.24, 2.45) is 0 Å². The molecule has 1 unspecified atom stereocenters. The van der Waals surface area contributed by atoms with Crippen molar-refractivity contribution in [3.05, 3.63) is 29.8 Å². The van der Waals surface area contributed by atoms with E-state index in [-0.39, 0.29) is 25.1 Å². The molecule has 1 aromatic rings. The van der Waals surface area contributed by atoms with Gasteiger partial charge in [0.25, 0.3) is 0 Å². The van der Waals surface area contributed by atoms with E-state index in [4.69, 9.17) is 14.9 Å². The van der Waals surface area contributed by atoms with Gasteiger partial charge in [-0.25, -0.2) is 0 Å². The fraction of sp³-hybridized carbons (Fsp3) is 0.538. The molecular formula is C13H22ClNO3. The lowest BCUT2D eigenvalue weighted by Gasteiger charge is -2.22. The molecule has 104 valence electrons. The molecular weight excluding hydrogens is 254 g/mol. The number of para-hydroxylation sites is 1. The lowest BCUT2D eigenvalue weighted by molar-refractivity contribution is 0.0139. The van der Waals surface area contributed by atoms with Crippen molar-refractivity contribution in [1.82, 2.24) is 5.32 Å². The van der Waals surface area contributed by atoms with Gasteiger partial charge in [-0.3, -0.25) is 0 Å². The number of aryl methyl sites for hydroxylation is 1. The summed E-state index contributed by atoms with van der Waals surface area (Å²) in [5.74, 6) is 0.368. The summed E-state index contributed by atoms with van der Waals surface area (Å²) in [6.45, 7) is 4.72. The van der Waals surface area contributed by atoms with Gasteiger partial charge in [0.05, 0.1) is 12.7 Å². The Balaban J connectivity index is 0.000000306. The van der Waals surface area contributed by atoms with Crippen LogP contribution in [0.5, 0.6) is 5.75 Å². The summed E-state index contributed by atoms with van der Waals surface area (Å²) in [6, 6.07) is 7.25. The van der Waals surface area contributed by atoms with Crippen molar-refractivity contribution >= 4 is 12.4 Å². The molecule has 0 amide bonds. The predicted molar refractivity (Wildman–Crippen MR) is 74.4 cm³/mol. The van der Waals surface area contributed by atoms with E-state index in [2.05, 4.69) is 5.32 Å². The Morgan fingerprint density at radius 3 is 2.56 bits per heavy atom. The normalized spacial score (nSPS) is 18.2. The highest BCUT2D eigenvalue weighted by Gasteiger charge is 2.11. The first-order valence-electron chi connectivity index (χ1n) is 5.92. The highest BCUT2D eigenvalue weighted by Crippen LogP contribution is 2.12. The third kappa shape index (κ3) is 6.81. The van der Waals surface area contributed by atoms with Crippen LogP contribution in [0, 0.1) is 6.92 Å². The first-order chi connectivity index (χ1) is 8.24. The maximum atomic E-state index is 8.92. The molecule has 1 saturated heterocycles. The van der Waals surface area contributed by atoms with E-state index in [0.717, 1.165) is 31.7 Å². The number of ether oxygens (including phenoxy) is 1. The van der Waals surface area contributed by atoms with E-state index in [1.165, 1.54) is 0 Å². The first kappa shape index (κ1) is 17.2. The van der Waals surface area contributed by atoms with Gasteiger partial charge in [-0.05, 0) is 25.0 Å². The fourth-order valence-corrected chi connectivity index (χ4v) is 1.51. The molecule has 3 N–H and O–H groups in total. The average molecular weight is 276 g/mol. The van der Waals surface area contributed by atoms with Crippen LogP contribution >= 0.6 is 12.4 Å². The van der Waals surface area contributed by atoms with Crippen molar-refractivity contribution in [1.29, 1.82) is 0 Å². The highest BCUT2D eigenvalue weighted by atomic mass is 35.5. The van der Waals surface area contributed by atoms with Gasteiger partial charge in [0, 0.05) is 19.7 Å². The van der Waals surface area contributed by atoms with Crippen molar-refractivity contribution in [2.45, 2.75) is 19.4 Å². The maximum absolute atomic E-state index is 8.92. The molecule has 0 aliphatic carbocycles. The van der Waals surface area contributed by atoms with Crippen LogP contribution in [0.2, 0.25) is 0 Å². The third-order valence-corrected chi connectivity index (χ3v) is 2.57. The zero-order valence-corrected chi connectivity index (χ0v) is 11.4. The molecule has 4 nitrogen and oxygen atoms in total. The molecule has 1 aromatic carbocycles. The molecule has 0 saturated carbocycles. The Hall–Kier alpha value is -0.810. The molecule has 1 atom stereocenters. The van der Waals surface area contributed by atoms with Crippen LogP contribution in [0.15, 0.2) is 24.3 Å². The summed E-state index contributed by atoms with van der Waals surface area (Å²) in [5.41, 5.74) is 0.924. The number of phenolic OH excluding ortho intramolecular Hbond substituents is 1. The zero-order chi connectivity index (χ0) is 12.5. The van der Waals surface area contributed by atoms with E-state index < -0.39 is 0 Å². The molecule has 0 spiro atoms. The monoisotopic (exact) mass is 275 g/mol. The minimum Gasteiger partial charge on any atom is -0.508 e. The summed E-state index contributed by atoms with van der Waals surface area (Å²) in [6.07, 6.45) is 0.997. The van der Waals surface area contributed by atoms with Crippen molar-refractivity contribution in [2.75, 3.05) is 26.3 Å². The number of phenols is 1. The Morgan fingerprint density at radius 1 is 1.39 bits per heavy atom. The predicted octanol–water partition coefficient (Wildman–Crippen LogP) is 1.48. The molecule has 18 heavy (non-hydrogen) atoms. The summed E-state index contributed by atoms with van der Waals surface area (Å²) in [7, 11) is 0. The number of benzene rings is 1. The molecule has 0 bridgehead atoms. The molecule has 2 rings (SSSR count). The largest absolute Gasteiger partial charge is 0.508 e. The van der Waals surface area contributed by atoms with Gasteiger partial charge in [0.15, 0.2) is 0 Å². The van der Waals surface area contributed by atoms with Crippen LogP contribution in [-0.4, -0.2) is 42.6 Å². The SMILES string of the molecule is Cc1ccccc1O.Cl.OCCC1CNCCO1. The number of morpholine rings is 1. The topological polar surface area (TPSA) is 61.7 Å². The van der Waals surface area contributed by atoms with E-state index in [0.29, 0.717) is 5.75 Å². The minimum absolute atomic E-state index is 0. The number of rotatable bonds is 2. The van der Waals surface area contributed by atoms with Crippen LogP contribution in [-0.2, 0) is 4.74 Å². The molecule has 1 aliphatic heterocycles. The summed E-state index contributed by atoms with van der Waals surface area (Å²) < 4.78 is 5.30. The summed E-state index contributed by atoms with van der Waals surface area (Å²) in [5, 5.41) is 20.6. The van der Waals surface area contributed by atoms with Crippen molar-refractivity contribution in [3.8, 4) is 5.75 Å². The standard InChI is InChI=1S/C7H8O.C6H13NO2.ClH/c1-6-4-2-3-5-7(6)8;8-3-1-6-5-7-2-4-9-6;/h2-5,8H,1H3;6-8H,1-5H2;1H. The lowest BCUT2D eigenvalue weighted by Crippen LogP contribution is -2.38. The van der Waals surface area contributed by atoms with Gasteiger partial charge >= 0.3 is 0 Å². The Kier molecular flexibility index (Phi) is 9.69. The van der Waals surface area contributed by atoms with Gasteiger partial charge in [-0.2, -0.15) is 0 Å². The van der Waals surface area contributed by atoms with E-state index >= 15 is 0 Å². The average Bonchev–Trinajstić information content (AvgIpc) is 2.36. The number of hydrogen-bond acceptors (Lipinski definition) is 4. The maximum Gasteiger partial charge on any atom is 0.118 e. The molecule has 0 aromatic heterocycles. The number of halogens is 1. The van der Waals surface area contributed by atoms with Crippen molar-refractivity contribution in [3.63, 3.8) is 0 Å². The van der Waals surface area contributed by atoms with Crippen LogP contribution in [0.1, 0.15) is 12.0 Å². The molecule has 1 aliphatic rings. The van der Waals surface area contributed by atoms with Crippen LogP contribution in [0.25, 0.3) is 0 Å². The molecule has 1 heterocycles. The van der Waals surface area contributed by atoms with Gasteiger partial charge in [-0.1, -0.05) is 18.2 Å². The van der Waals surface area contributed by atoms with Crippen LogP contribution < -0.4 is 5.32 Å². The quantitative estimate of drug-likeness (QED) is 0.765. The van der Waals surface area contributed by atoms with Gasteiger partial charge < -0.3 is 20.3 Å². The Labute approximate surface area is 114 Å². The minimum atomic E-state index is 0. The lowest BCUT2D eigenvalue weighted by atomic mass is 10.2. The third-order valence-electron chi connectivity index (χ3n) is 2.57. The van der Waals surface area contributed by atoms with Gasteiger partial charge in [0.2, 0.25) is 0 Å². The van der Waals surface area contributed by atoms with Gasteiger partial charge in [-0.15, -0.1) is 12.4 Å². The number of aromatic hydroxyl groups is 1. The Bertz CT molecular complexity index is 293. The van der Waals surface area contributed by atoms with Crippen molar-refractivity contribution < 1.29 is 14.9 Å². The van der Waals surface area contributed by atoms with Crippen LogP contribution in [0.4, 0.5) is 0 Å². The smallest absolute Gasteiger partial charge is 0.118 e. The summed E-state index contributed by atoms with van der Waals surface area (Å²) in [4.78, 5) is 0. The number of aliphatic hydroxyl groups is 1. The number of hydrogen-bond donors (Lipinski definition) is 3. The number of aliphatic hydroxyl groups excluding tert-OH is 1. The molecule has 0 radical (unpaired) electrons. The molecule has 1 fully saturated rings. The number of nitrogens with one attached hydrogen (secondary N) is 1. The highest BCUT2D eigenvalue weighted by molar-refractivity contribution is 5.85. The second-order valence-electron chi connectivity index (χ2n) is 4.00. The second kappa shape index (κ2) is 10.1. The fourth-order valence-electron chi connectivity index (χ4n) is 1.51. The van der Waals surface area contributed by atoms with E-state index in [9.17, 15) is 0 Å². The van der Waals surface area contributed by atoms with E-state index in [1.54, 1.807) is 6.07 Å². The van der Waals surface area contributed by atoms with Crippen LogP contribution in [0.3, 0.4) is 0 Å². The van der Waals surface area contributed by atoms with E-state index in [1.807, 2.05) is 25.1 Å². The molecule has 5 heteroatoms. The summed E-state index contributed by atoms with van der Waals surface area (Å²) >= 11 is 0. The zero-order valence-electron chi connectivity index (χ0n) is 10.6. The van der Waals surface area contributed by atoms with Gasteiger partial charge in [0.1, 0.15) is 5.75 Å². The first-order valence-corrected chi connectivity index (χ1v) is 5.92.